The molecular formula is C9H12BI. The average Bonchev–Trinajstić information content (AvgIpc) is 1.85. The van der Waals surface area contributed by atoms with E-state index in [4.69, 9.17) is 0 Å². The largest absolute Gasteiger partial charge is 0.123 e. The van der Waals surface area contributed by atoms with Gasteiger partial charge in [-0.05, 0) is 25.0 Å². The lowest BCUT2D eigenvalue weighted by Gasteiger charge is -2.08. The Labute approximate surface area is 82.9 Å². The lowest BCUT2D eigenvalue weighted by molar-refractivity contribution is 1.27. The predicted octanol–water partition coefficient (Wildman–Crippen LogP) is 2.37. The van der Waals surface area contributed by atoms with Crippen molar-refractivity contribution in [2.24, 2.45) is 0 Å². The van der Waals surface area contributed by atoms with Crippen LogP contribution in [-0.4, -0.2) is 7.85 Å². The molecule has 0 N–H and O–H groups in total. The second-order valence-electron chi connectivity index (χ2n) is 2.98. The van der Waals surface area contributed by atoms with Crippen LogP contribution in [0.1, 0.15) is 20.5 Å². The Balaban J connectivity index is 3.09. The van der Waals surface area contributed by atoms with E-state index in [2.05, 4.69) is 62.5 Å². The van der Waals surface area contributed by atoms with E-state index in [-0.39, 0.29) is 0 Å². The Morgan fingerprint density at radius 2 is 2.00 bits per heavy atom. The first kappa shape index (κ1) is 9.11. The molecule has 1 aromatic carbocycles. The van der Waals surface area contributed by atoms with Crippen molar-refractivity contribution in [1.29, 1.82) is 0 Å². The van der Waals surface area contributed by atoms with Crippen LogP contribution in [-0.2, 0) is 0 Å². The van der Waals surface area contributed by atoms with Crippen molar-refractivity contribution in [1.82, 2.24) is 0 Å². The van der Waals surface area contributed by atoms with E-state index < -0.39 is 0 Å². The molecule has 0 saturated carbocycles. The maximum Gasteiger partial charge on any atom is 0.123 e. The molecule has 0 heterocycles. The van der Waals surface area contributed by atoms with Crippen LogP contribution in [0.2, 0.25) is 0 Å². The minimum Gasteiger partial charge on any atom is -0.0874 e. The SMILES string of the molecule is BC(I)c1ccc(C)cc1C. The first-order valence-corrected chi connectivity index (χ1v) is 5.07. The predicted molar refractivity (Wildman–Crippen MR) is 61.2 cm³/mol. The highest BCUT2D eigenvalue weighted by Gasteiger charge is 2.02. The van der Waals surface area contributed by atoms with Gasteiger partial charge in [0.2, 0.25) is 0 Å². The summed E-state index contributed by atoms with van der Waals surface area (Å²) in [6.45, 7) is 4.31. The molecule has 2 heteroatoms. The number of hydrogen-bond acceptors (Lipinski definition) is 0. The number of aryl methyl sites for hydroxylation is 2. The summed E-state index contributed by atoms with van der Waals surface area (Å²) in [6, 6.07) is 6.64. The maximum atomic E-state index is 2.45. The molecule has 1 rings (SSSR count). The Hall–Kier alpha value is 0.0149. The van der Waals surface area contributed by atoms with Crippen molar-refractivity contribution in [3.63, 3.8) is 0 Å². The van der Waals surface area contributed by atoms with Crippen molar-refractivity contribution in [2.75, 3.05) is 0 Å². The third-order valence-electron chi connectivity index (χ3n) is 1.85. The smallest absolute Gasteiger partial charge is 0.0874 e. The van der Waals surface area contributed by atoms with Crippen LogP contribution in [0.15, 0.2) is 18.2 Å². The third-order valence-corrected chi connectivity index (χ3v) is 2.52. The molecule has 11 heavy (non-hydrogen) atoms. The fourth-order valence-corrected chi connectivity index (χ4v) is 1.97. The van der Waals surface area contributed by atoms with Gasteiger partial charge in [0.15, 0.2) is 0 Å². The minimum atomic E-state index is 0.619. The number of alkyl halides is 1. The molecule has 0 radical (unpaired) electrons. The van der Waals surface area contributed by atoms with Gasteiger partial charge in [0.05, 0.1) is 0 Å². The van der Waals surface area contributed by atoms with Crippen molar-refractivity contribution < 1.29 is 0 Å². The van der Waals surface area contributed by atoms with Crippen molar-refractivity contribution in [3.8, 4) is 0 Å². The standard InChI is InChI=1S/C9H12BI/c1-6-3-4-8(9(10)11)7(2)5-6/h3-5,9H,10H2,1-2H3. The van der Waals surface area contributed by atoms with Crippen molar-refractivity contribution in [2.45, 2.75) is 17.7 Å². The van der Waals surface area contributed by atoms with Gasteiger partial charge in [-0.3, -0.25) is 0 Å². The van der Waals surface area contributed by atoms with Crippen LogP contribution in [0.3, 0.4) is 0 Å². The zero-order valence-corrected chi connectivity index (χ0v) is 9.34. The van der Waals surface area contributed by atoms with Gasteiger partial charge in [-0.25, -0.2) is 0 Å². The Morgan fingerprint density at radius 3 is 2.45 bits per heavy atom. The summed E-state index contributed by atoms with van der Waals surface area (Å²) in [4.78, 5) is 0. The van der Waals surface area contributed by atoms with E-state index in [1.54, 1.807) is 0 Å². The molecule has 0 aliphatic rings. The van der Waals surface area contributed by atoms with Crippen LogP contribution in [0.4, 0.5) is 0 Å². The summed E-state index contributed by atoms with van der Waals surface area (Å²) in [5.41, 5.74) is 4.21. The van der Waals surface area contributed by atoms with Crippen molar-refractivity contribution >= 4 is 30.4 Å². The van der Waals surface area contributed by atoms with Crippen LogP contribution in [0.25, 0.3) is 0 Å². The highest BCUT2D eigenvalue weighted by molar-refractivity contribution is 14.1. The normalized spacial score (nSPS) is 13.0. The molecule has 0 aliphatic carbocycles. The summed E-state index contributed by atoms with van der Waals surface area (Å²) < 4.78 is 0.619. The zero-order chi connectivity index (χ0) is 8.43. The molecule has 0 amide bonds. The monoisotopic (exact) mass is 258 g/mol. The lowest BCUT2D eigenvalue weighted by Crippen LogP contribution is -1.92. The molecule has 0 nitrogen and oxygen atoms in total. The molecule has 1 aromatic rings. The summed E-state index contributed by atoms with van der Waals surface area (Å²) in [5.74, 6) is 0. The highest BCUT2D eigenvalue weighted by atomic mass is 127. The summed E-state index contributed by atoms with van der Waals surface area (Å²) in [5, 5.41) is 0. The number of benzene rings is 1. The van der Waals surface area contributed by atoms with Gasteiger partial charge in [-0.15, -0.1) is 0 Å². The Morgan fingerprint density at radius 1 is 1.36 bits per heavy atom. The van der Waals surface area contributed by atoms with Gasteiger partial charge >= 0.3 is 0 Å². The van der Waals surface area contributed by atoms with Crippen LogP contribution in [0, 0.1) is 13.8 Å². The third kappa shape index (κ3) is 2.22. The van der Waals surface area contributed by atoms with Crippen molar-refractivity contribution in [3.05, 3.63) is 34.9 Å². The molecule has 0 bridgehead atoms. The fraction of sp³-hybridized carbons (Fsp3) is 0.333. The van der Waals surface area contributed by atoms with Gasteiger partial charge in [-0.1, -0.05) is 46.4 Å². The zero-order valence-electron chi connectivity index (χ0n) is 7.19. The number of rotatable bonds is 1. The molecule has 1 atom stereocenters. The second-order valence-corrected chi connectivity index (χ2v) is 4.84. The van der Waals surface area contributed by atoms with E-state index >= 15 is 0 Å². The maximum absolute atomic E-state index is 2.45. The topological polar surface area (TPSA) is 0 Å². The Bertz CT molecular complexity index is 256. The van der Waals surface area contributed by atoms with E-state index in [9.17, 15) is 0 Å². The minimum absolute atomic E-state index is 0.619. The summed E-state index contributed by atoms with van der Waals surface area (Å²) in [7, 11) is 2.22. The van der Waals surface area contributed by atoms with E-state index in [1.165, 1.54) is 16.7 Å². The molecule has 0 fully saturated rings. The molecule has 58 valence electrons. The van der Waals surface area contributed by atoms with E-state index in [0.29, 0.717) is 3.82 Å². The first-order chi connectivity index (χ1) is 5.11. The molecule has 0 aromatic heterocycles. The number of hydrogen-bond donors (Lipinski definition) is 0. The number of halogens is 1. The van der Waals surface area contributed by atoms with Crippen LogP contribution < -0.4 is 0 Å². The van der Waals surface area contributed by atoms with Gasteiger partial charge < -0.3 is 0 Å². The van der Waals surface area contributed by atoms with E-state index in [1.807, 2.05) is 0 Å². The fourth-order valence-electron chi connectivity index (χ4n) is 1.27. The molecule has 0 spiro atoms. The average molecular weight is 258 g/mol. The first-order valence-electron chi connectivity index (χ1n) is 3.82. The van der Waals surface area contributed by atoms with Crippen LogP contribution >= 0.6 is 22.6 Å². The van der Waals surface area contributed by atoms with Gasteiger partial charge in [0.25, 0.3) is 0 Å². The van der Waals surface area contributed by atoms with Gasteiger partial charge in [0, 0.05) is 3.82 Å². The molecule has 0 aliphatic heterocycles. The van der Waals surface area contributed by atoms with Gasteiger partial charge in [-0.2, -0.15) is 0 Å². The lowest BCUT2D eigenvalue weighted by atomic mass is 9.92. The van der Waals surface area contributed by atoms with Crippen LogP contribution in [0.5, 0.6) is 0 Å². The molecule has 1 unspecified atom stereocenters. The van der Waals surface area contributed by atoms with E-state index in [0.717, 1.165) is 0 Å². The van der Waals surface area contributed by atoms with Gasteiger partial charge in [0.1, 0.15) is 7.85 Å². The molecular weight excluding hydrogens is 246 g/mol. The Kier molecular flexibility index (Phi) is 2.99. The molecule has 0 saturated heterocycles. The summed E-state index contributed by atoms with van der Waals surface area (Å²) in [6.07, 6.45) is 0. The second kappa shape index (κ2) is 3.61. The highest BCUT2D eigenvalue weighted by Crippen LogP contribution is 2.23. The quantitative estimate of drug-likeness (QED) is 0.412. The summed E-state index contributed by atoms with van der Waals surface area (Å²) >= 11 is 2.45.